The van der Waals surface area contributed by atoms with Crippen molar-refractivity contribution in [2.24, 2.45) is 5.73 Å². The summed E-state index contributed by atoms with van der Waals surface area (Å²) in [7, 11) is 0. The van der Waals surface area contributed by atoms with Crippen LogP contribution >= 0.6 is 0 Å². The second-order valence-electron chi connectivity index (χ2n) is 3.82. The lowest BCUT2D eigenvalue weighted by Gasteiger charge is -2.16. The van der Waals surface area contributed by atoms with Gasteiger partial charge in [0, 0.05) is 6.20 Å². The van der Waals surface area contributed by atoms with Gasteiger partial charge in [-0.25, -0.2) is 0 Å². The van der Waals surface area contributed by atoms with Crippen LogP contribution in [0.3, 0.4) is 0 Å². The summed E-state index contributed by atoms with van der Waals surface area (Å²) in [6, 6.07) is -0.505. The molecule has 2 aliphatic rings. The predicted molar refractivity (Wildman–Crippen MR) is 57.1 cm³/mol. The molecule has 80 valence electrons. The van der Waals surface area contributed by atoms with E-state index in [2.05, 4.69) is 11.4 Å². The molecule has 2 unspecified atom stereocenters. The fraction of sp³-hybridized carbons (Fsp3) is 0.364. The number of carbonyl (C=O) groups is 1. The number of rotatable bonds is 3. The number of allylic oxidation sites excluding steroid dienone is 2. The lowest BCUT2D eigenvalue weighted by molar-refractivity contribution is -0.138. The summed E-state index contributed by atoms with van der Waals surface area (Å²) in [6.45, 7) is 0. The van der Waals surface area contributed by atoms with Crippen molar-refractivity contribution in [1.82, 2.24) is 5.32 Å². The monoisotopic (exact) mass is 206 g/mol. The van der Waals surface area contributed by atoms with Crippen LogP contribution in [0.5, 0.6) is 0 Å². The molecule has 0 aromatic heterocycles. The Morgan fingerprint density at radius 2 is 2.53 bits per heavy atom. The van der Waals surface area contributed by atoms with Crippen LogP contribution in [0.1, 0.15) is 12.8 Å². The molecule has 0 bridgehead atoms. The van der Waals surface area contributed by atoms with Crippen LogP contribution < -0.4 is 11.1 Å². The van der Waals surface area contributed by atoms with Crippen molar-refractivity contribution in [2.75, 3.05) is 0 Å². The second kappa shape index (κ2) is 3.90. The van der Waals surface area contributed by atoms with Gasteiger partial charge < -0.3 is 16.2 Å². The molecule has 1 heterocycles. The number of hydrogen-bond donors (Lipinski definition) is 3. The highest BCUT2D eigenvalue weighted by Crippen LogP contribution is 2.28. The van der Waals surface area contributed by atoms with E-state index in [4.69, 9.17) is 10.8 Å². The zero-order chi connectivity index (χ0) is 10.8. The van der Waals surface area contributed by atoms with Crippen molar-refractivity contribution in [3.05, 3.63) is 35.6 Å². The van der Waals surface area contributed by atoms with Crippen LogP contribution in [-0.2, 0) is 4.79 Å². The van der Waals surface area contributed by atoms with Crippen LogP contribution in [0.4, 0.5) is 0 Å². The number of nitrogens with two attached hydrogens (primary N) is 1. The fourth-order valence-electron chi connectivity index (χ4n) is 1.90. The summed E-state index contributed by atoms with van der Waals surface area (Å²) < 4.78 is 0. The molecular weight excluding hydrogens is 192 g/mol. The number of aliphatic carboxylic acids is 1. The molecule has 4 heteroatoms. The van der Waals surface area contributed by atoms with E-state index >= 15 is 0 Å². The van der Waals surface area contributed by atoms with Gasteiger partial charge in [-0.1, -0.05) is 18.2 Å². The Balaban J connectivity index is 2.08. The number of nitrogens with one attached hydrogen (secondary N) is 1. The van der Waals surface area contributed by atoms with E-state index < -0.39 is 12.0 Å². The average molecular weight is 206 g/mol. The van der Waals surface area contributed by atoms with Gasteiger partial charge in [-0.05, 0) is 24.0 Å². The normalized spacial score (nSPS) is 25.0. The highest BCUT2D eigenvalue weighted by molar-refractivity contribution is 5.74. The first-order valence-corrected chi connectivity index (χ1v) is 4.99. The van der Waals surface area contributed by atoms with E-state index in [0.29, 0.717) is 12.5 Å². The van der Waals surface area contributed by atoms with Crippen molar-refractivity contribution >= 4 is 5.97 Å². The van der Waals surface area contributed by atoms with Gasteiger partial charge in [0.2, 0.25) is 0 Å². The first-order chi connectivity index (χ1) is 7.18. The van der Waals surface area contributed by atoms with Crippen LogP contribution in [-0.4, -0.2) is 23.2 Å². The van der Waals surface area contributed by atoms with Gasteiger partial charge in [0.25, 0.3) is 0 Å². The maximum absolute atomic E-state index is 10.6. The molecule has 4 N–H and O–H groups in total. The van der Waals surface area contributed by atoms with E-state index in [1.807, 2.05) is 18.4 Å². The van der Waals surface area contributed by atoms with Crippen molar-refractivity contribution in [2.45, 2.75) is 24.9 Å². The van der Waals surface area contributed by atoms with Gasteiger partial charge in [-0.15, -0.1) is 0 Å². The minimum absolute atomic E-state index is 0.311. The standard InChI is InChI=1S/C11H14N2O2/c12-9(11(14)15)5-7-6-13-10-4-2-1-3-8(7)10/h1-3,6,9-10,13H,4-5,12H2,(H,14,15). The summed E-state index contributed by atoms with van der Waals surface area (Å²) in [5.74, 6) is -0.952. The molecule has 2 rings (SSSR count). The van der Waals surface area contributed by atoms with Crippen molar-refractivity contribution in [3.63, 3.8) is 0 Å². The molecule has 0 radical (unpaired) electrons. The van der Waals surface area contributed by atoms with Gasteiger partial charge in [0.05, 0.1) is 6.04 Å². The van der Waals surface area contributed by atoms with E-state index in [1.165, 1.54) is 5.57 Å². The number of carboxylic acids is 1. The highest BCUT2D eigenvalue weighted by Gasteiger charge is 2.25. The molecular formula is C11H14N2O2. The first-order valence-electron chi connectivity index (χ1n) is 4.99. The van der Waals surface area contributed by atoms with Gasteiger partial charge in [-0.3, -0.25) is 4.79 Å². The molecule has 0 spiro atoms. The third-order valence-corrected chi connectivity index (χ3v) is 2.75. The molecule has 0 saturated carbocycles. The molecule has 2 atom stereocenters. The summed E-state index contributed by atoms with van der Waals surface area (Å²) in [5, 5.41) is 12.0. The summed E-state index contributed by atoms with van der Waals surface area (Å²) in [5.41, 5.74) is 7.69. The Hall–Kier alpha value is -1.55. The van der Waals surface area contributed by atoms with E-state index in [-0.39, 0.29) is 0 Å². The maximum Gasteiger partial charge on any atom is 0.320 e. The molecule has 1 aliphatic carbocycles. The quantitative estimate of drug-likeness (QED) is 0.629. The number of hydrogen-bond acceptors (Lipinski definition) is 3. The Bertz CT molecular complexity index is 369. The molecule has 0 amide bonds. The van der Waals surface area contributed by atoms with Gasteiger partial charge in [-0.2, -0.15) is 0 Å². The second-order valence-corrected chi connectivity index (χ2v) is 3.82. The summed E-state index contributed by atoms with van der Waals surface area (Å²) >= 11 is 0. The summed E-state index contributed by atoms with van der Waals surface area (Å²) in [6.07, 6.45) is 9.33. The SMILES string of the molecule is NC(CC1=CNC2CC=CC=C12)C(=O)O. The number of fused-ring (bicyclic) bond motifs is 1. The van der Waals surface area contributed by atoms with E-state index in [1.54, 1.807) is 0 Å². The van der Waals surface area contributed by atoms with Crippen LogP contribution in [0.15, 0.2) is 35.6 Å². The van der Waals surface area contributed by atoms with Crippen LogP contribution in [0.25, 0.3) is 0 Å². The Morgan fingerprint density at radius 3 is 3.27 bits per heavy atom. The smallest absolute Gasteiger partial charge is 0.320 e. The largest absolute Gasteiger partial charge is 0.480 e. The Labute approximate surface area is 88.2 Å². The Kier molecular flexibility index (Phi) is 2.60. The Morgan fingerprint density at radius 1 is 1.73 bits per heavy atom. The minimum atomic E-state index is -0.952. The van der Waals surface area contributed by atoms with Crippen molar-refractivity contribution in [3.8, 4) is 0 Å². The van der Waals surface area contributed by atoms with E-state index in [0.717, 1.165) is 12.0 Å². The number of carboxylic acid groups (broad SMARTS) is 1. The maximum atomic E-state index is 10.6. The van der Waals surface area contributed by atoms with E-state index in [9.17, 15) is 4.79 Å². The van der Waals surface area contributed by atoms with Gasteiger partial charge in [0.1, 0.15) is 6.04 Å². The minimum Gasteiger partial charge on any atom is -0.480 e. The first kappa shape index (κ1) is 9.98. The van der Waals surface area contributed by atoms with Crippen LogP contribution in [0.2, 0.25) is 0 Å². The molecule has 1 aliphatic heterocycles. The lowest BCUT2D eigenvalue weighted by atomic mass is 9.92. The third-order valence-electron chi connectivity index (χ3n) is 2.75. The zero-order valence-electron chi connectivity index (χ0n) is 8.31. The molecule has 0 aromatic rings. The van der Waals surface area contributed by atoms with Gasteiger partial charge in [0.15, 0.2) is 0 Å². The summed E-state index contributed by atoms with van der Waals surface area (Å²) in [4.78, 5) is 10.6. The lowest BCUT2D eigenvalue weighted by Crippen LogP contribution is -2.30. The van der Waals surface area contributed by atoms with Crippen molar-refractivity contribution < 1.29 is 9.90 Å². The fourth-order valence-corrected chi connectivity index (χ4v) is 1.90. The van der Waals surface area contributed by atoms with Crippen molar-refractivity contribution in [1.29, 1.82) is 0 Å². The highest BCUT2D eigenvalue weighted by atomic mass is 16.4. The van der Waals surface area contributed by atoms with Gasteiger partial charge >= 0.3 is 5.97 Å². The average Bonchev–Trinajstić information content (AvgIpc) is 2.62. The predicted octanol–water partition coefficient (Wildman–Crippen LogP) is 0.530. The molecule has 0 fully saturated rings. The molecule has 15 heavy (non-hydrogen) atoms. The zero-order valence-corrected chi connectivity index (χ0v) is 8.31. The van der Waals surface area contributed by atoms with Crippen LogP contribution in [0, 0.1) is 0 Å². The molecule has 4 nitrogen and oxygen atoms in total. The third kappa shape index (κ3) is 1.94. The topological polar surface area (TPSA) is 75.3 Å². The molecule has 0 aromatic carbocycles. The molecule has 0 saturated heterocycles.